The summed E-state index contributed by atoms with van der Waals surface area (Å²) in [4.78, 5) is 4.14. The van der Waals surface area contributed by atoms with Crippen LogP contribution in [0.25, 0.3) is 11.4 Å². The molecule has 4 nitrogen and oxygen atoms in total. The van der Waals surface area contributed by atoms with Crippen molar-refractivity contribution in [2.24, 2.45) is 0 Å². The predicted octanol–water partition coefficient (Wildman–Crippen LogP) is 2.19. The van der Waals surface area contributed by atoms with Crippen LogP contribution >= 0.6 is 0 Å². The third-order valence-corrected chi connectivity index (χ3v) is 2.45. The molecule has 0 aliphatic carbocycles. The second-order valence-electron chi connectivity index (χ2n) is 3.78. The van der Waals surface area contributed by atoms with Gasteiger partial charge in [0, 0.05) is 5.56 Å². The van der Waals surface area contributed by atoms with Crippen molar-refractivity contribution in [3.63, 3.8) is 0 Å². The molecule has 0 fully saturated rings. The first-order chi connectivity index (χ1) is 8.19. The summed E-state index contributed by atoms with van der Waals surface area (Å²) in [6.45, 7) is 1.88. The highest BCUT2D eigenvalue weighted by atomic mass is 19.1. The molecule has 17 heavy (non-hydrogen) atoms. The van der Waals surface area contributed by atoms with Gasteiger partial charge in [-0.3, -0.25) is 0 Å². The second-order valence-corrected chi connectivity index (χ2v) is 3.78. The first-order valence-corrected chi connectivity index (χ1v) is 5.45. The average Bonchev–Trinajstić information content (AvgIpc) is 2.78. The Bertz CT molecular complexity index is 482. The molecule has 1 N–H and O–H groups in total. The summed E-state index contributed by atoms with van der Waals surface area (Å²) >= 11 is 0. The molecule has 0 spiro atoms. The van der Waals surface area contributed by atoms with Crippen molar-refractivity contribution in [2.45, 2.75) is 25.9 Å². The van der Waals surface area contributed by atoms with E-state index in [2.05, 4.69) is 10.1 Å². The Labute approximate surface area is 98.1 Å². The maximum absolute atomic E-state index is 12.7. The van der Waals surface area contributed by atoms with Crippen molar-refractivity contribution < 1.29 is 14.0 Å². The lowest BCUT2D eigenvalue weighted by atomic mass is 10.2. The molecule has 0 saturated carbocycles. The second kappa shape index (κ2) is 5.05. The highest BCUT2D eigenvalue weighted by Gasteiger charge is 2.11. The van der Waals surface area contributed by atoms with Gasteiger partial charge in [0.2, 0.25) is 11.7 Å². The van der Waals surface area contributed by atoms with Gasteiger partial charge in [-0.05, 0) is 30.7 Å². The van der Waals surface area contributed by atoms with E-state index in [0.29, 0.717) is 30.1 Å². The fourth-order valence-electron chi connectivity index (χ4n) is 1.40. The normalized spacial score (nSPS) is 12.6. The minimum absolute atomic E-state index is 0.307. The smallest absolute Gasteiger partial charge is 0.229 e. The van der Waals surface area contributed by atoms with E-state index in [4.69, 9.17) is 4.52 Å². The maximum atomic E-state index is 12.7. The van der Waals surface area contributed by atoms with Crippen molar-refractivity contribution in [3.8, 4) is 11.4 Å². The van der Waals surface area contributed by atoms with Gasteiger partial charge in [-0.2, -0.15) is 4.98 Å². The van der Waals surface area contributed by atoms with Crippen molar-refractivity contribution in [1.82, 2.24) is 10.1 Å². The molecule has 1 aromatic heterocycles. The molecule has 0 saturated heterocycles. The molecule has 0 bridgehead atoms. The third kappa shape index (κ3) is 2.88. The lowest BCUT2D eigenvalue weighted by Gasteiger charge is -2.01. The maximum Gasteiger partial charge on any atom is 0.229 e. The summed E-state index contributed by atoms with van der Waals surface area (Å²) in [5, 5.41) is 13.2. The fraction of sp³-hybridized carbons (Fsp3) is 0.333. The number of halogens is 1. The van der Waals surface area contributed by atoms with Crippen molar-refractivity contribution in [2.75, 3.05) is 0 Å². The molecular weight excluding hydrogens is 223 g/mol. The summed E-state index contributed by atoms with van der Waals surface area (Å²) in [5.41, 5.74) is 0.687. The largest absolute Gasteiger partial charge is 0.393 e. The summed E-state index contributed by atoms with van der Waals surface area (Å²) in [7, 11) is 0. The van der Waals surface area contributed by atoms with E-state index in [1.807, 2.05) is 6.92 Å². The lowest BCUT2D eigenvalue weighted by Crippen LogP contribution is -2.08. The van der Waals surface area contributed by atoms with Crippen LogP contribution in [0.3, 0.4) is 0 Å². The highest BCUT2D eigenvalue weighted by Crippen LogP contribution is 2.16. The topological polar surface area (TPSA) is 59.2 Å². The van der Waals surface area contributed by atoms with Gasteiger partial charge in [-0.15, -0.1) is 0 Å². The Morgan fingerprint density at radius 3 is 2.71 bits per heavy atom. The number of aliphatic hydroxyl groups excluding tert-OH is 1. The number of hydrogen-bond donors (Lipinski definition) is 1. The van der Waals surface area contributed by atoms with Crippen LogP contribution in [0, 0.1) is 5.82 Å². The molecular formula is C12H13FN2O2. The SMILES string of the molecule is CCC(O)Cc1nc(-c2ccc(F)cc2)no1. The van der Waals surface area contributed by atoms with Gasteiger partial charge in [0.15, 0.2) is 0 Å². The standard InChI is InChI=1S/C12H13FN2O2/c1-2-10(16)7-11-14-12(15-17-11)8-3-5-9(13)6-4-8/h3-6,10,16H,2,7H2,1H3. The van der Waals surface area contributed by atoms with Crippen LogP contribution in [0.1, 0.15) is 19.2 Å². The average molecular weight is 236 g/mol. The van der Waals surface area contributed by atoms with Crippen LogP contribution < -0.4 is 0 Å². The molecule has 90 valence electrons. The summed E-state index contributed by atoms with van der Waals surface area (Å²) in [6, 6.07) is 5.85. The minimum atomic E-state index is -0.475. The van der Waals surface area contributed by atoms with Gasteiger partial charge in [0.25, 0.3) is 0 Å². The molecule has 0 radical (unpaired) electrons. The Hall–Kier alpha value is -1.75. The van der Waals surface area contributed by atoms with E-state index in [0.717, 1.165) is 0 Å². The Kier molecular flexibility index (Phi) is 3.49. The summed E-state index contributed by atoms with van der Waals surface area (Å²) in [6.07, 6.45) is 0.496. The van der Waals surface area contributed by atoms with Gasteiger partial charge in [0.1, 0.15) is 5.82 Å². The number of benzene rings is 1. The van der Waals surface area contributed by atoms with Crippen LogP contribution in [0.4, 0.5) is 4.39 Å². The summed E-state index contributed by atoms with van der Waals surface area (Å²) < 4.78 is 17.7. The first kappa shape index (κ1) is 11.7. The van der Waals surface area contributed by atoms with Gasteiger partial charge in [-0.1, -0.05) is 12.1 Å². The van der Waals surface area contributed by atoms with Crippen molar-refractivity contribution >= 4 is 0 Å². The van der Waals surface area contributed by atoms with E-state index < -0.39 is 6.10 Å². The lowest BCUT2D eigenvalue weighted by molar-refractivity contribution is 0.158. The quantitative estimate of drug-likeness (QED) is 0.884. The highest BCUT2D eigenvalue weighted by molar-refractivity contribution is 5.53. The molecule has 0 aliphatic heterocycles. The molecule has 0 amide bonds. The van der Waals surface area contributed by atoms with Gasteiger partial charge < -0.3 is 9.63 Å². The molecule has 1 aromatic carbocycles. The number of nitrogens with zero attached hydrogens (tertiary/aromatic N) is 2. The van der Waals surface area contributed by atoms with Crippen LogP contribution in [0.2, 0.25) is 0 Å². The molecule has 2 aromatic rings. The third-order valence-electron chi connectivity index (χ3n) is 2.45. The van der Waals surface area contributed by atoms with E-state index in [-0.39, 0.29) is 5.82 Å². The van der Waals surface area contributed by atoms with Crippen molar-refractivity contribution in [1.29, 1.82) is 0 Å². The zero-order valence-electron chi connectivity index (χ0n) is 9.43. The van der Waals surface area contributed by atoms with Crippen molar-refractivity contribution in [3.05, 3.63) is 36.0 Å². The van der Waals surface area contributed by atoms with Gasteiger partial charge in [0.05, 0.1) is 12.5 Å². The number of hydrogen-bond acceptors (Lipinski definition) is 4. The van der Waals surface area contributed by atoms with Crippen LogP contribution in [-0.4, -0.2) is 21.4 Å². The minimum Gasteiger partial charge on any atom is -0.393 e. The predicted molar refractivity (Wildman–Crippen MR) is 59.7 cm³/mol. The molecule has 1 atom stereocenters. The van der Waals surface area contributed by atoms with Crippen LogP contribution in [0.5, 0.6) is 0 Å². The Morgan fingerprint density at radius 1 is 1.35 bits per heavy atom. The van der Waals surface area contributed by atoms with E-state index in [1.165, 1.54) is 12.1 Å². The Morgan fingerprint density at radius 2 is 2.06 bits per heavy atom. The zero-order valence-corrected chi connectivity index (χ0v) is 9.43. The number of aliphatic hydroxyl groups is 1. The fourth-order valence-corrected chi connectivity index (χ4v) is 1.40. The Balaban J connectivity index is 2.15. The van der Waals surface area contributed by atoms with Crippen LogP contribution in [0.15, 0.2) is 28.8 Å². The monoisotopic (exact) mass is 236 g/mol. The molecule has 1 unspecified atom stereocenters. The molecule has 1 heterocycles. The molecule has 2 rings (SSSR count). The van der Waals surface area contributed by atoms with E-state index in [9.17, 15) is 9.50 Å². The first-order valence-electron chi connectivity index (χ1n) is 5.45. The van der Waals surface area contributed by atoms with E-state index in [1.54, 1.807) is 12.1 Å². The number of rotatable bonds is 4. The summed E-state index contributed by atoms with van der Waals surface area (Å²) in [5.74, 6) is 0.487. The van der Waals surface area contributed by atoms with Crippen LogP contribution in [-0.2, 0) is 6.42 Å². The van der Waals surface area contributed by atoms with Gasteiger partial charge in [-0.25, -0.2) is 4.39 Å². The molecule has 0 aliphatic rings. The zero-order chi connectivity index (χ0) is 12.3. The number of aromatic nitrogens is 2. The van der Waals surface area contributed by atoms with Gasteiger partial charge >= 0.3 is 0 Å². The molecule has 5 heteroatoms. The van der Waals surface area contributed by atoms with E-state index >= 15 is 0 Å².